The van der Waals surface area contributed by atoms with Crippen LogP contribution in [0.1, 0.15) is 46.5 Å². The molecule has 3 atom stereocenters. The number of carbonyl (C=O) groups excluding carboxylic acids is 1. The van der Waals surface area contributed by atoms with Gasteiger partial charge in [0.2, 0.25) is 5.91 Å². The van der Waals surface area contributed by atoms with Crippen molar-refractivity contribution in [1.82, 2.24) is 5.32 Å². The smallest absolute Gasteiger partial charge is 0.237 e. The number of nitrogens with two attached hydrogens (primary N) is 1. The van der Waals surface area contributed by atoms with Gasteiger partial charge in [-0.2, -0.15) is 0 Å². The monoisotopic (exact) mass is 226 g/mol. The maximum absolute atomic E-state index is 11.7. The normalized spacial score (nSPS) is 27.8. The van der Waals surface area contributed by atoms with Gasteiger partial charge in [0.05, 0.1) is 6.04 Å². The number of amides is 1. The Morgan fingerprint density at radius 2 is 2.00 bits per heavy atom. The molecule has 1 aliphatic carbocycles. The van der Waals surface area contributed by atoms with E-state index in [1.165, 1.54) is 25.7 Å². The summed E-state index contributed by atoms with van der Waals surface area (Å²) in [6.45, 7) is 7.06. The molecule has 0 aromatic rings. The first-order chi connectivity index (χ1) is 7.52. The summed E-state index contributed by atoms with van der Waals surface area (Å²) in [6.07, 6.45) is 5.20. The molecule has 3 nitrogen and oxygen atoms in total. The van der Waals surface area contributed by atoms with E-state index in [9.17, 15) is 4.79 Å². The second kappa shape index (κ2) is 6.24. The first kappa shape index (κ1) is 13.5. The first-order valence-corrected chi connectivity index (χ1v) is 6.55. The van der Waals surface area contributed by atoms with Gasteiger partial charge >= 0.3 is 0 Å². The zero-order chi connectivity index (χ0) is 12.1. The summed E-state index contributed by atoms with van der Waals surface area (Å²) in [7, 11) is 0. The topological polar surface area (TPSA) is 55.1 Å². The van der Waals surface area contributed by atoms with Crippen molar-refractivity contribution in [2.45, 2.75) is 52.5 Å². The van der Waals surface area contributed by atoms with Crippen LogP contribution in [-0.2, 0) is 4.79 Å². The second-order valence-electron chi connectivity index (χ2n) is 5.54. The Bertz CT molecular complexity index is 228. The molecular weight excluding hydrogens is 200 g/mol. The quantitative estimate of drug-likeness (QED) is 0.769. The molecule has 3 N–H and O–H groups in total. The van der Waals surface area contributed by atoms with Crippen LogP contribution in [-0.4, -0.2) is 18.5 Å². The molecule has 0 aliphatic heterocycles. The molecule has 1 rings (SSSR count). The van der Waals surface area contributed by atoms with E-state index in [-0.39, 0.29) is 17.9 Å². The molecule has 1 saturated carbocycles. The Kier molecular flexibility index (Phi) is 5.26. The summed E-state index contributed by atoms with van der Waals surface area (Å²) >= 11 is 0. The Morgan fingerprint density at radius 1 is 1.38 bits per heavy atom. The molecule has 16 heavy (non-hydrogen) atoms. The highest BCUT2D eigenvalue weighted by atomic mass is 16.2. The molecule has 0 spiro atoms. The van der Waals surface area contributed by atoms with E-state index in [0.717, 1.165) is 12.5 Å². The highest BCUT2D eigenvalue weighted by Crippen LogP contribution is 2.28. The molecule has 3 heteroatoms. The van der Waals surface area contributed by atoms with E-state index in [1.54, 1.807) is 0 Å². The van der Waals surface area contributed by atoms with Gasteiger partial charge in [-0.25, -0.2) is 0 Å². The summed E-state index contributed by atoms with van der Waals surface area (Å²) in [5.74, 6) is 1.61. The summed E-state index contributed by atoms with van der Waals surface area (Å²) in [5, 5.41) is 3.00. The average Bonchev–Trinajstić information content (AvgIpc) is 2.26. The van der Waals surface area contributed by atoms with Crippen LogP contribution in [0.2, 0.25) is 0 Å². The Morgan fingerprint density at radius 3 is 2.56 bits per heavy atom. The SMILES string of the molecule is CC1CCCCC1CNC(=O)[C@@H](N)C(C)C. The standard InChI is InChI=1S/C13H26N2O/c1-9(2)12(14)13(16)15-8-11-7-5-4-6-10(11)3/h9-12H,4-8,14H2,1-3H3,(H,15,16)/t10?,11?,12-/m0/s1. The first-order valence-electron chi connectivity index (χ1n) is 6.55. The molecule has 0 aromatic heterocycles. The highest BCUT2D eigenvalue weighted by molar-refractivity contribution is 5.81. The van der Waals surface area contributed by atoms with Crippen molar-refractivity contribution in [2.75, 3.05) is 6.54 Å². The fraction of sp³-hybridized carbons (Fsp3) is 0.923. The van der Waals surface area contributed by atoms with Crippen molar-refractivity contribution in [3.63, 3.8) is 0 Å². The highest BCUT2D eigenvalue weighted by Gasteiger charge is 2.23. The number of carbonyl (C=O) groups is 1. The third-order valence-electron chi connectivity index (χ3n) is 3.85. The van der Waals surface area contributed by atoms with Gasteiger partial charge < -0.3 is 11.1 Å². The minimum atomic E-state index is -0.362. The van der Waals surface area contributed by atoms with Crippen LogP contribution in [0.3, 0.4) is 0 Å². The van der Waals surface area contributed by atoms with Gasteiger partial charge in [-0.15, -0.1) is 0 Å². The third kappa shape index (κ3) is 3.78. The Labute approximate surface area is 99.2 Å². The summed E-state index contributed by atoms with van der Waals surface area (Å²) < 4.78 is 0. The van der Waals surface area contributed by atoms with E-state index in [1.807, 2.05) is 13.8 Å². The van der Waals surface area contributed by atoms with E-state index in [2.05, 4.69) is 12.2 Å². The fourth-order valence-electron chi connectivity index (χ4n) is 2.35. The van der Waals surface area contributed by atoms with Crippen molar-refractivity contribution in [3.05, 3.63) is 0 Å². The minimum Gasteiger partial charge on any atom is -0.354 e. The van der Waals surface area contributed by atoms with Crippen molar-refractivity contribution in [1.29, 1.82) is 0 Å². The molecule has 2 unspecified atom stereocenters. The minimum absolute atomic E-state index is 0.00720. The lowest BCUT2D eigenvalue weighted by Crippen LogP contribution is -2.46. The predicted octanol–water partition coefficient (Wildman–Crippen LogP) is 1.91. The molecule has 0 radical (unpaired) electrons. The van der Waals surface area contributed by atoms with Crippen LogP contribution < -0.4 is 11.1 Å². The summed E-state index contributed by atoms with van der Waals surface area (Å²) in [5.41, 5.74) is 5.80. The van der Waals surface area contributed by atoms with E-state index in [0.29, 0.717) is 5.92 Å². The van der Waals surface area contributed by atoms with Gasteiger partial charge in [0.15, 0.2) is 0 Å². The Hall–Kier alpha value is -0.570. The van der Waals surface area contributed by atoms with E-state index in [4.69, 9.17) is 5.73 Å². The zero-order valence-electron chi connectivity index (χ0n) is 10.8. The molecule has 1 aliphatic rings. The second-order valence-corrected chi connectivity index (χ2v) is 5.54. The van der Waals surface area contributed by atoms with Gasteiger partial charge in [-0.3, -0.25) is 4.79 Å². The molecule has 1 fully saturated rings. The van der Waals surface area contributed by atoms with Crippen molar-refractivity contribution in [2.24, 2.45) is 23.5 Å². The van der Waals surface area contributed by atoms with Crippen LogP contribution in [0.25, 0.3) is 0 Å². The molecular formula is C13H26N2O. The average molecular weight is 226 g/mol. The van der Waals surface area contributed by atoms with Crippen LogP contribution in [0.15, 0.2) is 0 Å². The number of nitrogens with one attached hydrogen (secondary N) is 1. The third-order valence-corrected chi connectivity index (χ3v) is 3.85. The maximum Gasteiger partial charge on any atom is 0.237 e. The Balaban J connectivity index is 2.30. The number of hydrogen-bond donors (Lipinski definition) is 2. The van der Waals surface area contributed by atoms with Crippen molar-refractivity contribution in [3.8, 4) is 0 Å². The van der Waals surface area contributed by atoms with Crippen LogP contribution in [0, 0.1) is 17.8 Å². The van der Waals surface area contributed by atoms with Crippen LogP contribution in [0.4, 0.5) is 0 Å². The molecule has 0 bridgehead atoms. The van der Waals surface area contributed by atoms with Gasteiger partial charge in [-0.05, 0) is 24.2 Å². The van der Waals surface area contributed by atoms with Gasteiger partial charge in [0.25, 0.3) is 0 Å². The molecule has 0 aromatic carbocycles. The zero-order valence-corrected chi connectivity index (χ0v) is 10.8. The lowest BCUT2D eigenvalue weighted by atomic mass is 9.80. The van der Waals surface area contributed by atoms with E-state index >= 15 is 0 Å². The van der Waals surface area contributed by atoms with E-state index < -0.39 is 0 Å². The number of rotatable bonds is 4. The molecule has 1 amide bonds. The van der Waals surface area contributed by atoms with Gasteiger partial charge in [-0.1, -0.05) is 40.0 Å². The summed E-state index contributed by atoms with van der Waals surface area (Å²) in [6, 6.07) is -0.362. The van der Waals surface area contributed by atoms with Crippen molar-refractivity contribution < 1.29 is 4.79 Å². The maximum atomic E-state index is 11.7. The lowest BCUT2D eigenvalue weighted by Gasteiger charge is -2.29. The lowest BCUT2D eigenvalue weighted by molar-refractivity contribution is -0.123. The fourth-order valence-corrected chi connectivity index (χ4v) is 2.35. The molecule has 0 heterocycles. The van der Waals surface area contributed by atoms with Gasteiger partial charge in [0.1, 0.15) is 0 Å². The molecule has 0 saturated heterocycles. The molecule has 94 valence electrons. The largest absolute Gasteiger partial charge is 0.354 e. The number of hydrogen-bond acceptors (Lipinski definition) is 2. The predicted molar refractivity (Wildman–Crippen MR) is 66.9 cm³/mol. The van der Waals surface area contributed by atoms with Crippen molar-refractivity contribution >= 4 is 5.91 Å². The van der Waals surface area contributed by atoms with Crippen LogP contribution >= 0.6 is 0 Å². The van der Waals surface area contributed by atoms with Gasteiger partial charge in [0, 0.05) is 6.54 Å². The summed E-state index contributed by atoms with van der Waals surface area (Å²) in [4.78, 5) is 11.7. The van der Waals surface area contributed by atoms with Crippen LogP contribution in [0.5, 0.6) is 0 Å².